The number of amides is 1. The van der Waals surface area contributed by atoms with Crippen molar-refractivity contribution in [2.45, 2.75) is 32.4 Å². The zero-order chi connectivity index (χ0) is 20.8. The Bertz CT molecular complexity index is 689. The second kappa shape index (κ2) is 13.6. The number of carbonyl (C=O) groups is 1. The van der Waals surface area contributed by atoms with Crippen molar-refractivity contribution in [3.63, 3.8) is 0 Å². The normalized spacial score (nSPS) is 13.6. The van der Waals surface area contributed by atoms with Crippen molar-refractivity contribution in [3.05, 3.63) is 41.1 Å². The third-order valence-corrected chi connectivity index (χ3v) is 4.20. The van der Waals surface area contributed by atoms with Gasteiger partial charge < -0.3 is 31.2 Å². The van der Waals surface area contributed by atoms with Crippen LogP contribution in [0.5, 0.6) is 0 Å². The number of allylic oxidation sites excluding steroid dienone is 2. The van der Waals surface area contributed by atoms with Crippen LogP contribution in [0.25, 0.3) is 0 Å². The molecule has 1 heterocycles. The Morgan fingerprint density at radius 2 is 2.21 bits per heavy atom. The number of rotatable bonds is 10. The van der Waals surface area contributed by atoms with Gasteiger partial charge in [0.1, 0.15) is 5.82 Å². The zero-order valence-corrected chi connectivity index (χ0v) is 16.8. The number of aromatic nitrogens is 1. The van der Waals surface area contributed by atoms with Gasteiger partial charge in [-0.2, -0.15) is 0 Å². The number of ether oxygens (including phenoxy) is 1. The first-order valence-electron chi connectivity index (χ1n) is 9.23. The van der Waals surface area contributed by atoms with Gasteiger partial charge in [0.15, 0.2) is 0 Å². The Morgan fingerprint density at radius 3 is 2.75 bits per heavy atom. The predicted molar refractivity (Wildman–Crippen MR) is 113 cm³/mol. The number of hydrogen-bond donors (Lipinski definition) is 5. The van der Waals surface area contributed by atoms with E-state index in [-0.39, 0.29) is 6.61 Å². The molecule has 154 valence electrons. The lowest BCUT2D eigenvalue weighted by Crippen LogP contribution is -2.23. The minimum atomic E-state index is -0.287. The van der Waals surface area contributed by atoms with E-state index < -0.39 is 0 Å². The number of carbonyl (C=O) groups excluding carboxylic acids is 1. The molecule has 0 saturated carbocycles. The Morgan fingerprint density at radius 1 is 1.43 bits per heavy atom. The Labute approximate surface area is 166 Å². The molecular weight excluding hydrogens is 358 g/mol. The van der Waals surface area contributed by atoms with Crippen LogP contribution in [0.2, 0.25) is 0 Å². The summed E-state index contributed by atoms with van der Waals surface area (Å²) in [6.07, 6.45) is 10.8. The lowest BCUT2D eigenvalue weighted by Gasteiger charge is -2.14. The molecule has 0 aliphatic heterocycles. The molecule has 28 heavy (non-hydrogen) atoms. The number of anilines is 2. The van der Waals surface area contributed by atoms with E-state index in [0.717, 1.165) is 6.21 Å². The summed E-state index contributed by atoms with van der Waals surface area (Å²) in [5.74, 6) is 0.296. The van der Waals surface area contributed by atoms with Crippen LogP contribution >= 0.6 is 0 Å². The molecule has 1 aliphatic rings. The second-order valence-corrected chi connectivity index (χ2v) is 6.10. The highest BCUT2D eigenvalue weighted by Gasteiger charge is 2.10. The SMILES string of the molecule is CNC(C)C1=CCCC=C1.COCCNc1c(C=N)cc(NC=O)nc1CO. The maximum atomic E-state index is 10.4. The van der Waals surface area contributed by atoms with Crippen LogP contribution in [0.1, 0.15) is 31.0 Å². The van der Waals surface area contributed by atoms with E-state index in [4.69, 9.17) is 10.1 Å². The summed E-state index contributed by atoms with van der Waals surface area (Å²) >= 11 is 0. The van der Waals surface area contributed by atoms with Crippen LogP contribution < -0.4 is 16.0 Å². The van der Waals surface area contributed by atoms with Crippen LogP contribution in [0.4, 0.5) is 11.5 Å². The number of likely N-dealkylation sites (N-methyl/N-ethyl adjacent to an activating group) is 1. The molecule has 1 aromatic rings. The fraction of sp³-hybridized carbons (Fsp3) is 0.450. The first-order chi connectivity index (χ1) is 13.6. The van der Waals surface area contributed by atoms with Gasteiger partial charge in [-0.3, -0.25) is 4.79 Å². The molecule has 2 rings (SSSR count). The average molecular weight is 390 g/mol. The van der Waals surface area contributed by atoms with Gasteiger partial charge in [-0.1, -0.05) is 18.2 Å². The second-order valence-electron chi connectivity index (χ2n) is 6.10. The van der Waals surface area contributed by atoms with Crippen molar-refractivity contribution in [3.8, 4) is 0 Å². The lowest BCUT2D eigenvalue weighted by molar-refractivity contribution is -0.105. The standard InChI is InChI=1S/C11H16N4O3.C9H15N/c1-18-3-2-13-11-8(5-12)4-10(14-7-17)15-9(11)6-16;1-8(10-2)9-6-4-3-5-7-9/h4-5,7,12-13,16H,2-3,6H2,1H3,(H,14,15,17);4,6-8,10H,3,5H2,1-2H3. The van der Waals surface area contributed by atoms with Crippen molar-refractivity contribution in [1.82, 2.24) is 10.3 Å². The number of aliphatic hydroxyl groups excluding tert-OH is 1. The highest BCUT2D eigenvalue weighted by atomic mass is 16.5. The Balaban J connectivity index is 0.000000330. The van der Waals surface area contributed by atoms with Crippen molar-refractivity contribution < 1.29 is 14.6 Å². The molecule has 0 spiro atoms. The van der Waals surface area contributed by atoms with Crippen molar-refractivity contribution in [1.29, 1.82) is 5.41 Å². The maximum absolute atomic E-state index is 10.4. The van der Waals surface area contributed by atoms with E-state index in [1.807, 2.05) is 7.05 Å². The van der Waals surface area contributed by atoms with Crippen LogP contribution in [0.15, 0.2) is 29.9 Å². The average Bonchev–Trinajstić information content (AvgIpc) is 2.75. The monoisotopic (exact) mass is 389 g/mol. The lowest BCUT2D eigenvalue weighted by atomic mass is 10.0. The summed E-state index contributed by atoms with van der Waals surface area (Å²) < 4.78 is 4.91. The van der Waals surface area contributed by atoms with E-state index in [1.165, 1.54) is 18.4 Å². The summed E-state index contributed by atoms with van der Waals surface area (Å²) in [5, 5.41) is 25.3. The van der Waals surface area contributed by atoms with Gasteiger partial charge in [0.2, 0.25) is 6.41 Å². The zero-order valence-electron chi connectivity index (χ0n) is 16.8. The van der Waals surface area contributed by atoms with Crippen LogP contribution in [0, 0.1) is 5.41 Å². The molecule has 0 saturated heterocycles. The van der Waals surface area contributed by atoms with Crippen LogP contribution in [0.3, 0.4) is 0 Å². The van der Waals surface area contributed by atoms with E-state index in [0.29, 0.717) is 48.4 Å². The van der Waals surface area contributed by atoms with E-state index in [1.54, 1.807) is 13.2 Å². The third-order valence-electron chi connectivity index (χ3n) is 4.20. The molecule has 5 N–H and O–H groups in total. The summed E-state index contributed by atoms with van der Waals surface area (Å²) in [6, 6.07) is 2.06. The summed E-state index contributed by atoms with van der Waals surface area (Å²) in [5.41, 5.74) is 2.90. The van der Waals surface area contributed by atoms with Gasteiger partial charge in [0.05, 0.1) is 24.6 Å². The van der Waals surface area contributed by atoms with Crippen molar-refractivity contribution >= 4 is 24.1 Å². The van der Waals surface area contributed by atoms with Gasteiger partial charge in [-0.05, 0) is 38.5 Å². The number of nitrogens with one attached hydrogen (secondary N) is 4. The number of nitrogens with zero attached hydrogens (tertiary/aromatic N) is 1. The number of aliphatic hydroxyl groups is 1. The molecule has 1 aliphatic carbocycles. The molecule has 1 aromatic heterocycles. The molecule has 1 atom stereocenters. The fourth-order valence-corrected chi connectivity index (χ4v) is 2.59. The number of pyridine rings is 1. The molecule has 1 unspecified atom stereocenters. The highest BCUT2D eigenvalue weighted by molar-refractivity contribution is 5.89. The first-order valence-corrected chi connectivity index (χ1v) is 9.23. The van der Waals surface area contributed by atoms with Gasteiger partial charge in [0.25, 0.3) is 0 Å². The van der Waals surface area contributed by atoms with Crippen molar-refractivity contribution in [2.24, 2.45) is 0 Å². The minimum Gasteiger partial charge on any atom is -0.390 e. The quantitative estimate of drug-likeness (QED) is 0.237. The minimum absolute atomic E-state index is 0.287. The summed E-state index contributed by atoms with van der Waals surface area (Å²) in [6.45, 7) is 2.93. The third kappa shape index (κ3) is 7.59. The van der Waals surface area contributed by atoms with E-state index in [9.17, 15) is 9.90 Å². The van der Waals surface area contributed by atoms with E-state index in [2.05, 4.69) is 46.1 Å². The Hall–Kier alpha value is -2.55. The summed E-state index contributed by atoms with van der Waals surface area (Å²) in [7, 11) is 3.58. The van der Waals surface area contributed by atoms with Gasteiger partial charge >= 0.3 is 0 Å². The predicted octanol–water partition coefficient (Wildman–Crippen LogP) is 2.07. The smallest absolute Gasteiger partial charge is 0.212 e. The molecular formula is C20H31N5O3. The molecule has 0 aromatic carbocycles. The van der Waals surface area contributed by atoms with Crippen LogP contribution in [-0.4, -0.2) is 56.1 Å². The largest absolute Gasteiger partial charge is 0.390 e. The summed E-state index contributed by atoms with van der Waals surface area (Å²) in [4.78, 5) is 14.4. The van der Waals surface area contributed by atoms with Crippen molar-refractivity contribution in [2.75, 3.05) is 37.9 Å². The number of hydrogen-bond acceptors (Lipinski definition) is 7. The first kappa shape index (κ1) is 23.5. The molecule has 8 heteroatoms. The molecule has 0 fully saturated rings. The van der Waals surface area contributed by atoms with Crippen LogP contribution in [-0.2, 0) is 16.1 Å². The highest BCUT2D eigenvalue weighted by Crippen LogP contribution is 2.21. The topological polar surface area (TPSA) is 119 Å². The molecule has 0 radical (unpaired) electrons. The van der Waals surface area contributed by atoms with Gasteiger partial charge in [-0.25, -0.2) is 4.98 Å². The Kier molecular flexibility index (Phi) is 11.4. The van der Waals surface area contributed by atoms with Gasteiger partial charge in [0, 0.05) is 31.5 Å². The number of methoxy groups -OCH3 is 1. The van der Waals surface area contributed by atoms with Gasteiger partial charge in [-0.15, -0.1) is 0 Å². The molecule has 8 nitrogen and oxygen atoms in total. The maximum Gasteiger partial charge on any atom is 0.212 e. The fourth-order valence-electron chi connectivity index (χ4n) is 2.59. The molecule has 1 amide bonds. The van der Waals surface area contributed by atoms with E-state index >= 15 is 0 Å². The molecule has 0 bridgehead atoms.